The van der Waals surface area contributed by atoms with Gasteiger partial charge in [0.15, 0.2) is 0 Å². The predicted octanol–water partition coefficient (Wildman–Crippen LogP) is 1.06. The average molecular weight is 199 g/mol. The van der Waals surface area contributed by atoms with Gasteiger partial charge in [-0.25, -0.2) is 0 Å². The van der Waals surface area contributed by atoms with Crippen LogP contribution in [0.4, 0.5) is 0 Å². The molecule has 0 aromatic rings. The van der Waals surface area contributed by atoms with Crippen molar-refractivity contribution in [3.63, 3.8) is 0 Å². The molecular weight excluding hydrogens is 178 g/mol. The molecular formula is C11H21NO2. The number of carbonyl (C=O) groups excluding carboxylic acids is 1. The second kappa shape index (κ2) is 6.96. The molecule has 0 aromatic heterocycles. The summed E-state index contributed by atoms with van der Waals surface area (Å²) in [5.74, 6) is 0.309. The fraction of sp³-hybridized carbons (Fsp3) is 0.909. The van der Waals surface area contributed by atoms with Gasteiger partial charge in [0.1, 0.15) is 6.29 Å². The van der Waals surface area contributed by atoms with Crippen LogP contribution in [0.1, 0.15) is 32.1 Å². The standard InChI is InChI=1S/C11H21NO2/c13-9-3-1-2-6-12-7-4-11(10-14)5-8-12/h10-11,13H,1-9H2. The lowest BCUT2D eigenvalue weighted by molar-refractivity contribution is -0.112. The summed E-state index contributed by atoms with van der Waals surface area (Å²) in [5, 5.41) is 8.62. The number of aliphatic hydroxyl groups is 1. The number of hydrogen-bond acceptors (Lipinski definition) is 3. The van der Waals surface area contributed by atoms with Gasteiger partial charge >= 0.3 is 0 Å². The van der Waals surface area contributed by atoms with E-state index in [1.807, 2.05) is 0 Å². The highest BCUT2D eigenvalue weighted by Crippen LogP contribution is 2.15. The van der Waals surface area contributed by atoms with Crippen LogP contribution in [0.5, 0.6) is 0 Å². The summed E-state index contributed by atoms with van der Waals surface area (Å²) in [7, 11) is 0. The summed E-state index contributed by atoms with van der Waals surface area (Å²) in [6.07, 6.45) is 6.37. The molecule has 0 atom stereocenters. The van der Waals surface area contributed by atoms with E-state index in [2.05, 4.69) is 4.90 Å². The predicted molar refractivity (Wildman–Crippen MR) is 56.2 cm³/mol. The van der Waals surface area contributed by atoms with E-state index >= 15 is 0 Å². The minimum atomic E-state index is 0.309. The van der Waals surface area contributed by atoms with Crippen molar-refractivity contribution >= 4 is 6.29 Å². The third kappa shape index (κ3) is 4.20. The molecule has 0 amide bonds. The number of rotatable bonds is 6. The Kier molecular flexibility index (Phi) is 5.80. The molecule has 3 heteroatoms. The lowest BCUT2D eigenvalue weighted by atomic mass is 9.98. The summed E-state index contributed by atoms with van der Waals surface area (Å²) in [6.45, 7) is 3.59. The minimum Gasteiger partial charge on any atom is -0.396 e. The summed E-state index contributed by atoms with van der Waals surface area (Å²) in [4.78, 5) is 12.9. The highest BCUT2D eigenvalue weighted by Gasteiger charge is 2.17. The number of aliphatic hydroxyl groups excluding tert-OH is 1. The number of piperidine rings is 1. The quantitative estimate of drug-likeness (QED) is 0.513. The number of hydrogen-bond donors (Lipinski definition) is 1. The van der Waals surface area contributed by atoms with E-state index in [9.17, 15) is 4.79 Å². The van der Waals surface area contributed by atoms with Crippen LogP contribution in [0.2, 0.25) is 0 Å². The van der Waals surface area contributed by atoms with E-state index < -0.39 is 0 Å². The van der Waals surface area contributed by atoms with Crippen LogP contribution in [-0.2, 0) is 4.79 Å². The minimum absolute atomic E-state index is 0.309. The van der Waals surface area contributed by atoms with Crippen LogP contribution in [0.15, 0.2) is 0 Å². The monoisotopic (exact) mass is 199 g/mol. The Labute approximate surface area is 86.1 Å². The van der Waals surface area contributed by atoms with Gasteiger partial charge in [0.05, 0.1) is 0 Å². The van der Waals surface area contributed by atoms with Crippen molar-refractivity contribution in [2.45, 2.75) is 32.1 Å². The number of aldehydes is 1. The van der Waals surface area contributed by atoms with E-state index in [4.69, 9.17) is 5.11 Å². The van der Waals surface area contributed by atoms with Gasteiger partial charge in [-0.3, -0.25) is 0 Å². The lowest BCUT2D eigenvalue weighted by Crippen LogP contribution is -2.34. The first-order valence-electron chi connectivity index (χ1n) is 5.65. The molecule has 1 fully saturated rings. The topological polar surface area (TPSA) is 40.5 Å². The first-order valence-corrected chi connectivity index (χ1v) is 5.65. The number of nitrogens with zero attached hydrogens (tertiary/aromatic N) is 1. The third-order valence-electron chi connectivity index (χ3n) is 2.96. The van der Waals surface area contributed by atoms with E-state index in [1.165, 1.54) is 6.42 Å². The fourth-order valence-electron chi connectivity index (χ4n) is 1.94. The molecule has 3 nitrogen and oxygen atoms in total. The van der Waals surface area contributed by atoms with E-state index in [0.717, 1.165) is 51.6 Å². The zero-order chi connectivity index (χ0) is 10.2. The van der Waals surface area contributed by atoms with Crippen molar-refractivity contribution in [2.75, 3.05) is 26.2 Å². The summed E-state index contributed by atoms with van der Waals surface area (Å²) in [5.41, 5.74) is 0. The van der Waals surface area contributed by atoms with Crippen LogP contribution in [0, 0.1) is 5.92 Å². The van der Waals surface area contributed by atoms with Crippen molar-refractivity contribution in [1.82, 2.24) is 4.90 Å². The Morgan fingerprint density at radius 1 is 1.21 bits per heavy atom. The summed E-state index contributed by atoms with van der Waals surface area (Å²) in [6, 6.07) is 0. The smallest absolute Gasteiger partial charge is 0.123 e. The maximum absolute atomic E-state index is 10.5. The van der Waals surface area contributed by atoms with Crippen molar-refractivity contribution < 1.29 is 9.90 Å². The molecule has 1 rings (SSSR count). The number of likely N-dealkylation sites (tertiary alicyclic amines) is 1. The first kappa shape index (κ1) is 11.7. The molecule has 0 saturated carbocycles. The highest BCUT2D eigenvalue weighted by molar-refractivity contribution is 5.53. The summed E-state index contributed by atoms with van der Waals surface area (Å²) < 4.78 is 0. The van der Waals surface area contributed by atoms with Gasteiger partial charge in [-0.05, 0) is 51.7 Å². The Balaban J connectivity index is 2.01. The summed E-state index contributed by atoms with van der Waals surface area (Å²) >= 11 is 0. The Bertz CT molecular complexity index is 153. The van der Waals surface area contributed by atoms with Gasteiger partial charge in [0.25, 0.3) is 0 Å². The molecule has 1 aliphatic rings. The van der Waals surface area contributed by atoms with Crippen molar-refractivity contribution in [3.8, 4) is 0 Å². The molecule has 0 radical (unpaired) electrons. The molecule has 0 aromatic carbocycles. The molecule has 0 bridgehead atoms. The van der Waals surface area contributed by atoms with E-state index in [-0.39, 0.29) is 0 Å². The van der Waals surface area contributed by atoms with Crippen LogP contribution in [0.25, 0.3) is 0 Å². The lowest BCUT2D eigenvalue weighted by Gasteiger charge is -2.29. The number of carbonyl (C=O) groups is 1. The Hall–Kier alpha value is -0.410. The molecule has 0 spiro atoms. The maximum Gasteiger partial charge on any atom is 0.123 e. The van der Waals surface area contributed by atoms with Gasteiger partial charge in [-0.2, -0.15) is 0 Å². The maximum atomic E-state index is 10.5. The largest absolute Gasteiger partial charge is 0.396 e. The molecule has 1 aliphatic heterocycles. The second-order valence-electron chi connectivity index (χ2n) is 4.10. The molecule has 1 saturated heterocycles. The van der Waals surface area contributed by atoms with E-state index in [0.29, 0.717) is 12.5 Å². The second-order valence-corrected chi connectivity index (χ2v) is 4.10. The Morgan fingerprint density at radius 2 is 1.93 bits per heavy atom. The van der Waals surface area contributed by atoms with Crippen molar-refractivity contribution in [3.05, 3.63) is 0 Å². The third-order valence-corrected chi connectivity index (χ3v) is 2.96. The van der Waals surface area contributed by atoms with Gasteiger partial charge in [-0.1, -0.05) is 0 Å². The molecule has 0 aliphatic carbocycles. The van der Waals surface area contributed by atoms with Crippen molar-refractivity contribution in [1.29, 1.82) is 0 Å². The van der Waals surface area contributed by atoms with Gasteiger partial charge in [0.2, 0.25) is 0 Å². The van der Waals surface area contributed by atoms with E-state index in [1.54, 1.807) is 0 Å². The number of unbranched alkanes of at least 4 members (excludes halogenated alkanes) is 2. The molecule has 14 heavy (non-hydrogen) atoms. The van der Waals surface area contributed by atoms with Crippen LogP contribution < -0.4 is 0 Å². The fourth-order valence-corrected chi connectivity index (χ4v) is 1.94. The van der Waals surface area contributed by atoms with Crippen molar-refractivity contribution in [2.24, 2.45) is 5.92 Å². The highest BCUT2D eigenvalue weighted by atomic mass is 16.2. The van der Waals surface area contributed by atoms with Crippen LogP contribution in [0.3, 0.4) is 0 Å². The SMILES string of the molecule is O=CC1CCN(CCCCCO)CC1. The zero-order valence-corrected chi connectivity index (χ0v) is 8.82. The van der Waals surface area contributed by atoms with Gasteiger partial charge in [0, 0.05) is 12.5 Å². The zero-order valence-electron chi connectivity index (χ0n) is 8.82. The average Bonchev–Trinajstić information content (AvgIpc) is 2.25. The first-order chi connectivity index (χ1) is 6.86. The normalized spacial score (nSPS) is 19.8. The van der Waals surface area contributed by atoms with Crippen LogP contribution >= 0.6 is 0 Å². The van der Waals surface area contributed by atoms with Gasteiger partial charge < -0.3 is 14.8 Å². The van der Waals surface area contributed by atoms with Gasteiger partial charge in [-0.15, -0.1) is 0 Å². The molecule has 82 valence electrons. The van der Waals surface area contributed by atoms with Crippen LogP contribution in [-0.4, -0.2) is 42.5 Å². The molecule has 1 heterocycles. The Morgan fingerprint density at radius 3 is 2.50 bits per heavy atom. The molecule has 1 N–H and O–H groups in total. The molecule has 0 unspecified atom stereocenters.